The van der Waals surface area contributed by atoms with E-state index in [2.05, 4.69) is 15.6 Å². The van der Waals surface area contributed by atoms with Crippen molar-refractivity contribution in [3.63, 3.8) is 0 Å². The molecule has 1 aromatic rings. The summed E-state index contributed by atoms with van der Waals surface area (Å²) >= 11 is 0. The molecule has 1 heterocycles. The van der Waals surface area contributed by atoms with E-state index < -0.39 is 0 Å². The third-order valence-corrected chi connectivity index (χ3v) is 2.15. The molecule has 0 aromatic carbocycles. The summed E-state index contributed by atoms with van der Waals surface area (Å²) in [5.41, 5.74) is 0.431. The molecule has 1 rings (SSSR count). The fourth-order valence-corrected chi connectivity index (χ4v) is 1.35. The Morgan fingerprint density at radius 2 is 2.29 bits per heavy atom. The summed E-state index contributed by atoms with van der Waals surface area (Å²) in [7, 11) is 1.64. The van der Waals surface area contributed by atoms with Crippen molar-refractivity contribution in [1.29, 1.82) is 0 Å². The Morgan fingerprint density at radius 1 is 1.47 bits per heavy atom. The van der Waals surface area contributed by atoms with Crippen molar-refractivity contribution in [3.05, 3.63) is 23.9 Å². The van der Waals surface area contributed by atoms with Gasteiger partial charge in [0.25, 0.3) is 5.91 Å². The highest BCUT2D eigenvalue weighted by atomic mass is 16.5. The number of pyridine rings is 1. The highest BCUT2D eigenvalue weighted by Gasteiger charge is 2.06. The van der Waals surface area contributed by atoms with E-state index in [4.69, 9.17) is 4.74 Å². The smallest absolute Gasteiger partial charge is 0.269 e. The van der Waals surface area contributed by atoms with Gasteiger partial charge in [0.15, 0.2) is 0 Å². The Morgan fingerprint density at radius 3 is 3.00 bits per heavy atom. The molecule has 0 bridgehead atoms. The lowest BCUT2D eigenvalue weighted by atomic mass is 10.3. The van der Waals surface area contributed by atoms with Crippen LogP contribution in [0, 0.1) is 0 Å². The standard InChI is InChI=1S/C12H19N3O2/c1-3-13-11-7-4-6-10(15-11)12(16)14-8-5-9-17-2/h4,6-7H,3,5,8-9H2,1-2H3,(H,13,15)(H,14,16). The fraction of sp³-hybridized carbons (Fsp3) is 0.500. The summed E-state index contributed by atoms with van der Waals surface area (Å²) in [6.45, 7) is 4.01. The Balaban J connectivity index is 2.47. The van der Waals surface area contributed by atoms with Crippen LogP contribution in [0.2, 0.25) is 0 Å². The molecule has 0 aliphatic carbocycles. The largest absolute Gasteiger partial charge is 0.385 e. The van der Waals surface area contributed by atoms with Gasteiger partial charge in [-0.2, -0.15) is 0 Å². The summed E-state index contributed by atoms with van der Waals surface area (Å²) in [6, 6.07) is 5.35. The number of rotatable bonds is 7. The van der Waals surface area contributed by atoms with Gasteiger partial charge in [-0.25, -0.2) is 4.98 Å². The van der Waals surface area contributed by atoms with Crippen LogP contribution in [0.5, 0.6) is 0 Å². The van der Waals surface area contributed by atoms with Gasteiger partial charge < -0.3 is 15.4 Å². The van der Waals surface area contributed by atoms with E-state index >= 15 is 0 Å². The molecule has 0 aliphatic rings. The highest BCUT2D eigenvalue weighted by molar-refractivity contribution is 5.92. The number of methoxy groups -OCH3 is 1. The van der Waals surface area contributed by atoms with Crippen molar-refractivity contribution in [1.82, 2.24) is 10.3 Å². The van der Waals surface area contributed by atoms with Crippen LogP contribution in [0.25, 0.3) is 0 Å². The number of hydrogen-bond donors (Lipinski definition) is 2. The molecule has 17 heavy (non-hydrogen) atoms. The van der Waals surface area contributed by atoms with Gasteiger partial charge in [-0.3, -0.25) is 4.79 Å². The molecule has 0 fully saturated rings. The number of nitrogens with one attached hydrogen (secondary N) is 2. The van der Waals surface area contributed by atoms with Gasteiger partial charge in [-0.15, -0.1) is 0 Å². The van der Waals surface area contributed by atoms with Crippen LogP contribution in [0.15, 0.2) is 18.2 Å². The zero-order chi connectivity index (χ0) is 12.5. The summed E-state index contributed by atoms with van der Waals surface area (Å²) in [6.07, 6.45) is 0.801. The van der Waals surface area contributed by atoms with Crippen molar-refractivity contribution in [2.75, 3.05) is 32.1 Å². The van der Waals surface area contributed by atoms with Crippen LogP contribution >= 0.6 is 0 Å². The van der Waals surface area contributed by atoms with E-state index in [0.29, 0.717) is 18.8 Å². The molecule has 0 saturated carbocycles. The maximum atomic E-state index is 11.7. The molecule has 2 N–H and O–H groups in total. The summed E-state index contributed by atoms with van der Waals surface area (Å²) < 4.78 is 4.90. The van der Waals surface area contributed by atoms with Gasteiger partial charge in [-0.1, -0.05) is 6.07 Å². The number of aromatic nitrogens is 1. The maximum Gasteiger partial charge on any atom is 0.269 e. The third-order valence-electron chi connectivity index (χ3n) is 2.15. The van der Waals surface area contributed by atoms with Crippen molar-refractivity contribution >= 4 is 11.7 Å². The molecule has 0 unspecified atom stereocenters. The average Bonchev–Trinajstić information content (AvgIpc) is 2.35. The first kappa shape index (κ1) is 13.4. The summed E-state index contributed by atoms with van der Waals surface area (Å²) in [5.74, 6) is 0.567. The third kappa shape index (κ3) is 4.82. The van der Waals surface area contributed by atoms with Gasteiger partial charge in [0.05, 0.1) is 0 Å². The van der Waals surface area contributed by atoms with E-state index in [9.17, 15) is 4.79 Å². The maximum absolute atomic E-state index is 11.7. The minimum absolute atomic E-state index is 0.152. The van der Waals surface area contributed by atoms with Crippen LogP contribution in [0.4, 0.5) is 5.82 Å². The zero-order valence-electron chi connectivity index (χ0n) is 10.3. The molecule has 0 aliphatic heterocycles. The molecule has 1 amide bonds. The van der Waals surface area contributed by atoms with Gasteiger partial charge >= 0.3 is 0 Å². The molecular formula is C12H19N3O2. The molecule has 5 heteroatoms. The lowest BCUT2D eigenvalue weighted by Crippen LogP contribution is -2.26. The van der Waals surface area contributed by atoms with E-state index in [0.717, 1.165) is 18.8 Å². The van der Waals surface area contributed by atoms with E-state index in [1.54, 1.807) is 13.2 Å². The Bertz CT molecular complexity index is 355. The van der Waals surface area contributed by atoms with Crippen molar-refractivity contribution < 1.29 is 9.53 Å². The van der Waals surface area contributed by atoms with Crippen molar-refractivity contribution in [2.24, 2.45) is 0 Å². The second-order valence-electron chi connectivity index (χ2n) is 3.54. The lowest BCUT2D eigenvalue weighted by Gasteiger charge is -2.06. The fourth-order valence-electron chi connectivity index (χ4n) is 1.35. The number of nitrogens with zero attached hydrogens (tertiary/aromatic N) is 1. The second kappa shape index (κ2) is 7.62. The molecule has 0 saturated heterocycles. The minimum atomic E-state index is -0.152. The first-order chi connectivity index (χ1) is 8.27. The topological polar surface area (TPSA) is 63.2 Å². The monoisotopic (exact) mass is 237 g/mol. The Kier molecular flexibility index (Phi) is 6.03. The summed E-state index contributed by atoms with van der Waals surface area (Å²) in [5, 5.41) is 5.86. The molecular weight excluding hydrogens is 218 g/mol. The average molecular weight is 237 g/mol. The van der Waals surface area contributed by atoms with E-state index in [1.165, 1.54) is 0 Å². The minimum Gasteiger partial charge on any atom is -0.385 e. The number of ether oxygens (including phenoxy) is 1. The number of amides is 1. The normalized spacial score (nSPS) is 10.0. The van der Waals surface area contributed by atoms with Gasteiger partial charge in [0.2, 0.25) is 0 Å². The van der Waals surface area contributed by atoms with Crippen LogP contribution < -0.4 is 10.6 Å². The first-order valence-electron chi connectivity index (χ1n) is 5.76. The van der Waals surface area contributed by atoms with Crippen LogP contribution in [-0.2, 0) is 4.74 Å². The SMILES string of the molecule is CCNc1cccc(C(=O)NCCCOC)n1. The number of hydrogen-bond acceptors (Lipinski definition) is 4. The first-order valence-corrected chi connectivity index (χ1v) is 5.76. The Labute approximate surface area is 102 Å². The number of carbonyl (C=O) groups excluding carboxylic acids is 1. The quantitative estimate of drug-likeness (QED) is 0.701. The highest BCUT2D eigenvalue weighted by Crippen LogP contribution is 2.04. The van der Waals surface area contributed by atoms with Gasteiger partial charge in [0.1, 0.15) is 11.5 Å². The van der Waals surface area contributed by atoms with Crippen LogP contribution in [-0.4, -0.2) is 37.7 Å². The molecule has 94 valence electrons. The molecule has 0 atom stereocenters. The molecule has 0 radical (unpaired) electrons. The zero-order valence-corrected chi connectivity index (χ0v) is 10.3. The lowest BCUT2D eigenvalue weighted by molar-refractivity contribution is 0.0944. The Hall–Kier alpha value is -1.62. The van der Waals surface area contributed by atoms with Gasteiger partial charge in [-0.05, 0) is 25.5 Å². The summed E-state index contributed by atoms with van der Waals surface area (Å²) in [4.78, 5) is 15.9. The molecule has 5 nitrogen and oxygen atoms in total. The predicted molar refractivity (Wildman–Crippen MR) is 67.2 cm³/mol. The van der Waals surface area contributed by atoms with Crippen LogP contribution in [0.1, 0.15) is 23.8 Å². The number of anilines is 1. The van der Waals surface area contributed by atoms with E-state index in [-0.39, 0.29) is 5.91 Å². The van der Waals surface area contributed by atoms with Crippen molar-refractivity contribution in [3.8, 4) is 0 Å². The van der Waals surface area contributed by atoms with Gasteiger partial charge in [0, 0.05) is 26.8 Å². The van der Waals surface area contributed by atoms with Crippen molar-refractivity contribution in [2.45, 2.75) is 13.3 Å². The second-order valence-corrected chi connectivity index (χ2v) is 3.54. The van der Waals surface area contributed by atoms with E-state index in [1.807, 2.05) is 19.1 Å². The van der Waals surface area contributed by atoms with Crippen LogP contribution in [0.3, 0.4) is 0 Å². The molecule has 0 spiro atoms. The number of carbonyl (C=O) groups is 1. The predicted octanol–water partition coefficient (Wildman–Crippen LogP) is 1.28. The molecule has 1 aromatic heterocycles.